The van der Waals surface area contributed by atoms with Gasteiger partial charge in [-0.2, -0.15) is 0 Å². The lowest BCUT2D eigenvalue weighted by Gasteiger charge is -2.22. The highest BCUT2D eigenvalue weighted by molar-refractivity contribution is 5.69. The fourth-order valence-electron chi connectivity index (χ4n) is 2.67. The van der Waals surface area contributed by atoms with E-state index < -0.39 is 0 Å². The number of rotatable bonds is 14. The molecule has 1 aliphatic rings. The first-order chi connectivity index (χ1) is 11.3. The van der Waals surface area contributed by atoms with E-state index in [2.05, 4.69) is 12.2 Å². The smallest absolute Gasteiger partial charge is 0.305 e. The average Bonchev–Trinajstić information content (AvgIpc) is 2.58. The summed E-state index contributed by atoms with van der Waals surface area (Å²) in [4.78, 5) is 11.5. The van der Waals surface area contributed by atoms with E-state index in [0.717, 1.165) is 38.8 Å². The van der Waals surface area contributed by atoms with Crippen LogP contribution in [0.25, 0.3) is 0 Å². The fourth-order valence-corrected chi connectivity index (χ4v) is 2.67. The molecule has 5 heteroatoms. The zero-order chi connectivity index (χ0) is 16.6. The maximum absolute atomic E-state index is 11.5. The van der Waals surface area contributed by atoms with Gasteiger partial charge in [-0.3, -0.25) is 4.79 Å². The van der Waals surface area contributed by atoms with Crippen molar-refractivity contribution < 1.29 is 19.0 Å². The molecule has 0 radical (unpaired) electrons. The normalized spacial score (nSPS) is 15.7. The molecule has 23 heavy (non-hydrogen) atoms. The zero-order valence-corrected chi connectivity index (χ0v) is 14.8. The van der Waals surface area contributed by atoms with Gasteiger partial charge >= 0.3 is 5.97 Å². The molecule has 5 nitrogen and oxygen atoms in total. The van der Waals surface area contributed by atoms with E-state index in [4.69, 9.17) is 14.2 Å². The monoisotopic (exact) mass is 329 g/mol. The Morgan fingerprint density at radius 2 is 1.65 bits per heavy atom. The molecule has 0 amide bonds. The van der Waals surface area contributed by atoms with Crippen molar-refractivity contribution in [2.24, 2.45) is 0 Å². The highest BCUT2D eigenvalue weighted by atomic mass is 16.6. The van der Waals surface area contributed by atoms with Crippen LogP contribution < -0.4 is 5.32 Å². The number of carbonyl (C=O) groups excluding carboxylic acids is 1. The molecule has 1 aliphatic heterocycles. The molecule has 1 saturated heterocycles. The third kappa shape index (κ3) is 12.4. The first-order valence-electron chi connectivity index (χ1n) is 9.38. The number of piperidine rings is 1. The van der Waals surface area contributed by atoms with Crippen molar-refractivity contribution in [3.05, 3.63) is 0 Å². The summed E-state index contributed by atoms with van der Waals surface area (Å²) in [6, 6.07) is 0. The minimum Gasteiger partial charge on any atom is -0.463 e. The lowest BCUT2D eigenvalue weighted by Crippen LogP contribution is -2.33. The third-order valence-corrected chi connectivity index (χ3v) is 4.09. The summed E-state index contributed by atoms with van der Waals surface area (Å²) in [6.07, 6.45) is 10.2. The Kier molecular flexibility index (Phi) is 13.2. The van der Waals surface area contributed by atoms with E-state index in [9.17, 15) is 4.79 Å². The van der Waals surface area contributed by atoms with Crippen molar-refractivity contribution in [2.75, 3.05) is 39.5 Å². The van der Waals surface area contributed by atoms with Crippen LogP contribution in [0.1, 0.15) is 64.7 Å². The lowest BCUT2D eigenvalue weighted by molar-refractivity contribution is -0.145. The van der Waals surface area contributed by atoms with Gasteiger partial charge in [-0.25, -0.2) is 0 Å². The molecule has 1 N–H and O–H groups in total. The quantitative estimate of drug-likeness (QED) is 0.392. The summed E-state index contributed by atoms with van der Waals surface area (Å²) in [5, 5.41) is 3.31. The molecule has 0 bridgehead atoms. The third-order valence-electron chi connectivity index (χ3n) is 4.09. The lowest BCUT2D eigenvalue weighted by atomic mass is 10.1. The molecule has 0 spiro atoms. The van der Waals surface area contributed by atoms with E-state index in [1.807, 2.05) is 0 Å². The maximum atomic E-state index is 11.5. The van der Waals surface area contributed by atoms with Crippen LogP contribution in [0.4, 0.5) is 0 Å². The Hall–Kier alpha value is -0.650. The summed E-state index contributed by atoms with van der Waals surface area (Å²) in [7, 11) is 0. The molecule has 1 fully saturated rings. The van der Waals surface area contributed by atoms with E-state index in [1.165, 1.54) is 25.7 Å². The first-order valence-corrected chi connectivity index (χ1v) is 9.38. The minimum absolute atomic E-state index is 0.102. The Morgan fingerprint density at radius 1 is 0.957 bits per heavy atom. The van der Waals surface area contributed by atoms with Gasteiger partial charge < -0.3 is 19.5 Å². The van der Waals surface area contributed by atoms with Crippen molar-refractivity contribution in [3.8, 4) is 0 Å². The number of hydrogen-bond donors (Lipinski definition) is 1. The summed E-state index contributed by atoms with van der Waals surface area (Å²) in [5.74, 6) is -0.102. The van der Waals surface area contributed by atoms with E-state index in [-0.39, 0.29) is 5.97 Å². The van der Waals surface area contributed by atoms with Gasteiger partial charge in [0, 0.05) is 6.42 Å². The number of nitrogens with one attached hydrogen (secondary N) is 1. The Balaban J connectivity index is 1.78. The van der Waals surface area contributed by atoms with Crippen molar-refractivity contribution >= 4 is 5.97 Å². The molecule has 1 heterocycles. The summed E-state index contributed by atoms with van der Waals surface area (Å²) >= 11 is 0. The van der Waals surface area contributed by atoms with Crippen LogP contribution in [-0.2, 0) is 19.0 Å². The van der Waals surface area contributed by atoms with Crippen LogP contribution in [0, 0.1) is 0 Å². The van der Waals surface area contributed by atoms with E-state index >= 15 is 0 Å². The average molecular weight is 329 g/mol. The molecule has 0 unspecified atom stereocenters. The van der Waals surface area contributed by atoms with Gasteiger partial charge in [-0.05, 0) is 32.4 Å². The molecular weight excluding hydrogens is 294 g/mol. The SMILES string of the molecule is CCCCCCCCC(=O)OCCOCCOC1CCNCC1. The number of esters is 1. The Labute approximate surface area is 141 Å². The molecule has 0 aromatic carbocycles. The van der Waals surface area contributed by atoms with Gasteiger partial charge in [0.1, 0.15) is 6.61 Å². The predicted molar refractivity (Wildman–Crippen MR) is 91.6 cm³/mol. The van der Waals surface area contributed by atoms with E-state index in [0.29, 0.717) is 39.0 Å². The van der Waals surface area contributed by atoms with Crippen LogP contribution in [0.5, 0.6) is 0 Å². The Bertz CT molecular complexity index is 280. The molecule has 136 valence electrons. The fraction of sp³-hybridized carbons (Fsp3) is 0.944. The first kappa shape index (κ1) is 20.4. The maximum Gasteiger partial charge on any atom is 0.305 e. The zero-order valence-electron chi connectivity index (χ0n) is 14.8. The van der Waals surface area contributed by atoms with Gasteiger partial charge in [-0.1, -0.05) is 39.0 Å². The second kappa shape index (κ2) is 14.9. The number of ether oxygens (including phenoxy) is 3. The predicted octanol–water partition coefficient (Wildman–Crippen LogP) is 3.07. The van der Waals surface area contributed by atoms with Gasteiger partial charge in [0.25, 0.3) is 0 Å². The van der Waals surface area contributed by atoms with Crippen molar-refractivity contribution in [1.29, 1.82) is 0 Å². The molecule has 0 atom stereocenters. The standard InChI is InChI=1S/C18H35NO4/c1-2-3-4-5-6-7-8-18(20)23-16-14-21-13-15-22-17-9-11-19-12-10-17/h17,19H,2-16H2,1H3. The summed E-state index contributed by atoms with van der Waals surface area (Å²) in [6.45, 7) is 6.29. The minimum atomic E-state index is -0.102. The van der Waals surface area contributed by atoms with E-state index in [1.54, 1.807) is 0 Å². The number of carbonyl (C=O) groups is 1. The molecular formula is C18H35NO4. The van der Waals surface area contributed by atoms with Gasteiger partial charge in [0.05, 0.1) is 25.9 Å². The molecule has 0 aliphatic carbocycles. The molecule has 0 aromatic heterocycles. The van der Waals surface area contributed by atoms with Crippen molar-refractivity contribution in [3.63, 3.8) is 0 Å². The Morgan fingerprint density at radius 3 is 2.43 bits per heavy atom. The molecule has 0 aromatic rings. The highest BCUT2D eigenvalue weighted by Crippen LogP contribution is 2.08. The number of hydrogen-bond acceptors (Lipinski definition) is 5. The van der Waals surface area contributed by atoms with Crippen LogP contribution in [0.2, 0.25) is 0 Å². The summed E-state index contributed by atoms with van der Waals surface area (Å²) in [5.41, 5.74) is 0. The molecule has 0 saturated carbocycles. The largest absolute Gasteiger partial charge is 0.463 e. The van der Waals surface area contributed by atoms with Crippen LogP contribution >= 0.6 is 0 Å². The highest BCUT2D eigenvalue weighted by Gasteiger charge is 2.12. The van der Waals surface area contributed by atoms with Gasteiger partial charge in [-0.15, -0.1) is 0 Å². The van der Waals surface area contributed by atoms with Crippen LogP contribution in [0.3, 0.4) is 0 Å². The topological polar surface area (TPSA) is 56.8 Å². The second-order valence-corrected chi connectivity index (χ2v) is 6.17. The van der Waals surface area contributed by atoms with Crippen molar-refractivity contribution in [2.45, 2.75) is 70.8 Å². The second-order valence-electron chi connectivity index (χ2n) is 6.17. The summed E-state index contributed by atoms with van der Waals surface area (Å²) < 4.78 is 16.3. The van der Waals surface area contributed by atoms with Gasteiger partial charge in [0.15, 0.2) is 0 Å². The van der Waals surface area contributed by atoms with Crippen molar-refractivity contribution in [1.82, 2.24) is 5.32 Å². The number of unbranched alkanes of at least 4 members (excludes halogenated alkanes) is 5. The van der Waals surface area contributed by atoms with Crippen LogP contribution in [-0.4, -0.2) is 51.6 Å². The van der Waals surface area contributed by atoms with Crippen LogP contribution in [0.15, 0.2) is 0 Å². The molecule has 1 rings (SSSR count). The van der Waals surface area contributed by atoms with Gasteiger partial charge in [0.2, 0.25) is 0 Å².